The van der Waals surface area contributed by atoms with Crippen LogP contribution in [0.2, 0.25) is 0 Å². The van der Waals surface area contributed by atoms with Crippen LogP contribution in [0.5, 0.6) is 0 Å². The number of Topliss-reactive ketones (excluding diaryl/α,β-unsaturated/α-hetero) is 1. The van der Waals surface area contributed by atoms with Crippen molar-refractivity contribution < 1.29 is 19.2 Å². The fraction of sp³-hybridized carbons (Fsp3) is 0.444. The lowest BCUT2D eigenvalue weighted by Crippen LogP contribution is -2.66. The molecule has 2 heterocycles. The Hall–Kier alpha value is -2.70. The SMILES string of the molecule is O=C(CCCC(=O)N1CCN2C(=O)CNC(=O)[C@@H]2C1)c1ccccc1. The van der Waals surface area contributed by atoms with Gasteiger partial charge in [0, 0.05) is 31.5 Å². The zero-order valence-electron chi connectivity index (χ0n) is 13.9. The van der Waals surface area contributed by atoms with E-state index < -0.39 is 6.04 Å². The Morgan fingerprint density at radius 2 is 1.84 bits per heavy atom. The number of fused-ring (bicyclic) bond motifs is 1. The van der Waals surface area contributed by atoms with Gasteiger partial charge >= 0.3 is 0 Å². The molecule has 2 saturated heterocycles. The van der Waals surface area contributed by atoms with Gasteiger partial charge in [-0.1, -0.05) is 30.3 Å². The van der Waals surface area contributed by atoms with Crippen molar-refractivity contribution in [1.82, 2.24) is 15.1 Å². The molecule has 0 spiro atoms. The molecule has 25 heavy (non-hydrogen) atoms. The van der Waals surface area contributed by atoms with Gasteiger partial charge in [-0.05, 0) is 6.42 Å². The predicted octanol–water partition coefficient (Wildman–Crippen LogP) is 0.209. The third kappa shape index (κ3) is 3.87. The van der Waals surface area contributed by atoms with E-state index >= 15 is 0 Å². The second-order valence-electron chi connectivity index (χ2n) is 6.30. The van der Waals surface area contributed by atoms with E-state index in [0.29, 0.717) is 31.5 Å². The Labute approximate surface area is 146 Å². The number of ketones is 1. The molecule has 1 aromatic carbocycles. The molecular formula is C18H21N3O4. The molecule has 0 aromatic heterocycles. The van der Waals surface area contributed by atoms with Crippen molar-refractivity contribution in [2.24, 2.45) is 0 Å². The molecule has 0 saturated carbocycles. The van der Waals surface area contributed by atoms with Crippen molar-refractivity contribution in [3.63, 3.8) is 0 Å². The zero-order chi connectivity index (χ0) is 17.8. The highest BCUT2D eigenvalue weighted by Crippen LogP contribution is 2.15. The Bertz CT molecular complexity index is 689. The maximum Gasteiger partial charge on any atom is 0.245 e. The van der Waals surface area contributed by atoms with Gasteiger partial charge in [0.2, 0.25) is 17.7 Å². The molecule has 3 rings (SSSR count). The Kier molecular flexibility index (Phi) is 5.11. The van der Waals surface area contributed by atoms with Crippen molar-refractivity contribution in [1.29, 1.82) is 0 Å². The number of hydrogen-bond acceptors (Lipinski definition) is 4. The average Bonchev–Trinajstić information content (AvgIpc) is 2.65. The van der Waals surface area contributed by atoms with Crippen LogP contribution >= 0.6 is 0 Å². The first-order valence-corrected chi connectivity index (χ1v) is 8.49. The fourth-order valence-corrected chi connectivity index (χ4v) is 3.24. The number of nitrogens with one attached hydrogen (secondary N) is 1. The van der Waals surface area contributed by atoms with Crippen LogP contribution < -0.4 is 5.32 Å². The first-order chi connectivity index (χ1) is 12.1. The number of benzene rings is 1. The van der Waals surface area contributed by atoms with E-state index in [0.717, 1.165) is 0 Å². The number of carbonyl (C=O) groups excluding carboxylic acids is 4. The lowest BCUT2D eigenvalue weighted by Gasteiger charge is -2.42. The van der Waals surface area contributed by atoms with Gasteiger partial charge in [-0.15, -0.1) is 0 Å². The molecular weight excluding hydrogens is 322 g/mol. The van der Waals surface area contributed by atoms with Crippen molar-refractivity contribution in [3.8, 4) is 0 Å². The molecule has 3 amide bonds. The second kappa shape index (κ2) is 7.46. The van der Waals surface area contributed by atoms with Crippen molar-refractivity contribution in [3.05, 3.63) is 35.9 Å². The van der Waals surface area contributed by atoms with Crippen LogP contribution in [-0.2, 0) is 14.4 Å². The molecule has 0 unspecified atom stereocenters. The number of nitrogens with zero attached hydrogens (tertiary/aromatic N) is 2. The molecule has 1 N–H and O–H groups in total. The van der Waals surface area contributed by atoms with Crippen molar-refractivity contribution >= 4 is 23.5 Å². The quantitative estimate of drug-likeness (QED) is 0.774. The van der Waals surface area contributed by atoms with Crippen LogP contribution in [0.3, 0.4) is 0 Å². The van der Waals surface area contributed by atoms with Gasteiger partial charge in [0.05, 0.1) is 13.1 Å². The Morgan fingerprint density at radius 3 is 2.60 bits per heavy atom. The molecule has 7 nitrogen and oxygen atoms in total. The van der Waals surface area contributed by atoms with Crippen LogP contribution in [0.1, 0.15) is 29.6 Å². The standard InChI is InChI=1S/C18H21N3O4/c22-15(13-5-2-1-3-6-13)7-4-8-16(23)20-9-10-21-14(12-20)18(25)19-11-17(21)24/h1-3,5-6,14H,4,7-12H2,(H,19,25)/t14-/m0/s1. The summed E-state index contributed by atoms with van der Waals surface area (Å²) in [7, 11) is 0. The molecule has 1 atom stereocenters. The molecule has 0 bridgehead atoms. The summed E-state index contributed by atoms with van der Waals surface area (Å²) in [5.74, 6) is -0.372. The Morgan fingerprint density at radius 1 is 1.08 bits per heavy atom. The van der Waals surface area contributed by atoms with Crippen LogP contribution in [0, 0.1) is 0 Å². The van der Waals surface area contributed by atoms with Crippen molar-refractivity contribution in [2.75, 3.05) is 26.2 Å². The van der Waals surface area contributed by atoms with E-state index in [1.54, 1.807) is 21.9 Å². The van der Waals surface area contributed by atoms with E-state index in [1.807, 2.05) is 18.2 Å². The molecule has 132 valence electrons. The monoisotopic (exact) mass is 343 g/mol. The van der Waals surface area contributed by atoms with E-state index in [2.05, 4.69) is 5.32 Å². The molecule has 2 fully saturated rings. The average molecular weight is 343 g/mol. The molecule has 7 heteroatoms. The van der Waals surface area contributed by atoms with Gasteiger partial charge < -0.3 is 15.1 Å². The lowest BCUT2D eigenvalue weighted by molar-refractivity contribution is -0.152. The van der Waals surface area contributed by atoms with Crippen LogP contribution in [0.25, 0.3) is 0 Å². The van der Waals surface area contributed by atoms with Gasteiger partial charge in [-0.3, -0.25) is 19.2 Å². The largest absolute Gasteiger partial charge is 0.345 e. The maximum absolute atomic E-state index is 12.4. The second-order valence-corrected chi connectivity index (χ2v) is 6.30. The van der Waals surface area contributed by atoms with Crippen LogP contribution in [-0.4, -0.2) is 65.5 Å². The minimum atomic E-state index is -0.593. The summed E-state index contributed by atoms with van der Waals surface area (Å²) in [5.41, 5.74) is 0.654. The normalized spacial score (nSPS) is 20.1. The van der Waals surface area contributed by atoms with Crippen LogP contribution in [0.15, 0.2) is 30.3 Å². The topological polar surface area (TPSA) is 86.8 Å². The summed E-state index contributed by atoms with van der Waals surface area (Å²) in [6.07, 6.45) is 1.06. The summed E-state index contributed by atoms with van der Waals surface area (Å²) in [4.78, 5) is 51.3. The summed E-state index contributed by atoms with van der Waals surface area (Å²) < 4.78 is 0. The van der Waals surface area contributed by atoms with E-state index in [1.165, 1.54) is 0 Å². The molecule has 0 radical (unpaired) electrons. The highest BCUT2D eigenvalue weighted by molar-refractivity contribution is 5.96. The maximum atomic E-state index is 12.4. The number of rotatable bonds is 5. The van der Waals surface area contributed by atoms with Gasteiger partial charge in [0.25, 0.3) is 0 Å². The number of hydrogen-bond donors (Lipinski definition) is 1. The van der Waals surface area contributed by atoms with E-state index in [9.17, 15) is 19.2 Å². The fourth-order valence-electron chi connectivity index (χ4n) is 3.24. The minimum absolute atomic E-state index is 0.0236. The first-order valence-electron chi connectivity index (χ1n) is 8.49. The summed E-state index contributed by atoms with van der Waals surface area (Å²) in [6, 6.07) is 8.42. The number of carbonyl (C=O) groups is 4. The summed E-state index contributed by atoms with van der Waals surface area (Å²) >= 11 is 0. The van der Waals surface area contributed by atoms with Gasteiger partial charge in [-0.2, -0.15) is 0 Å². The summed E-state index contributed by atoms with van der Waals surface area (Å²) in [6.45, 7) is 1.07. The highest BCUT2D eigenvalue weighted by Gasteiger charge is 2.39. The zero-order valence-corrected chi connectivity index (χ0v) is 13.9. The first kappa shape index (κ1) is 17.1. The third-order valence-corrected chi connectivity index (χ3v) is 4.66. The third-order valence-electron chi connectivity index (χ3n) is 4.66. The minimum Gasteiger partial charge on any atom is -0.345 e. The number of piperazine rings is 2. The van der Waals surface area contributed by atoms with Gasteiger partial charge in [0.15, 0.2) is 5.78 Å². The van der Waals surface area contributed by atoms with E-state index in [4.69, 9.17) is 0 Å². The number of amides is 3. The van der Waals surface area contributed by atoms with Gasteiger partial charge in [-0.25, -0.2) is 0 Å². The predicted molar refractivity (Wildman–Crippen MR) is 89.7 cm³/mol. The highest BCUT2D eigenvalue weighted by atomic mass is 16.2. The summed E-state index contributed by atoms with van der Waals surface area (Å²) in [5, 5.41) is 2.55. The molecule has 2 aliphatic rings. The lowest BCUT2D eigenvalue weighted by atomic mass is 10.0. The van der Waals surface area contributed by atoms with E-state index in [-0.39, 0.29) is 43.0 Å². The Balaban J connectivity index is 1.48. The molecule has 2 aliphatic heterocycles. The molecule has 1 aromatic rings. The van der Waals surface area contributed by atoms with Gasteiger partial charge in [0.1, 0.15) is 6.04 Å². The molecule has 0 aliphatic carbocycles. The van der Waals surface area contributed by atoms with Crippen LogP contribution in [0.4, 0.5) is 0 Å². The smallest absolute Gasteiger partial charge is 0.245 e. The van der Waals surface area contributed by atoms with Crippen molar-refractivity contribution in [2.45, 2.75) is 25.3 Å².